The molecule has 0 aliphatic rings. The van der Waals surface area contributed by atoms with Gasteiger partial charge < -0.3 is 14.6 Å². The van der Waals surface area contributed by atoms with Gasteiger partial charge in [0.1, 0.15) is 5.75 Å². The summed E-state index contributed by atoms with van der Waals surface area (Å²) < 4.78 is 10.3. The molecule has 1 N–H and O–H groups in total. The Balaban J connectivity index is 1.58. The van der Waals surface area contributed by atoms with E-state index in [2.05, 4.69) is 15.5 Å². The Hall–Kier alpha value is -2.86. The monoisotopic (exact) mass is 357 g/mol. The molecule has 25 heavy (non-hydrogen) atoms. The average Bonchev–Trinajstić information content (AvgIpc) is 3.11. The van der Waals surface area contributed by atoms with E-state index in [1.54, 1.807) is 13.2 Å². The van der Waals surface area contributed by atoms with Crippen LogP contribution in [0, 0.1) is 0 Å². The zero-order valence-corrected chi connectivity index (χ0v) is 14.3. The van der Waals surface area contributed by atoms with Crippen LogP contribution in [0.1, 0.15) is 11.4 Å². The lowest BCUT2D eigenvalue weighted by Crippen LogP contribution is -2.25. The van der Waals surface area contributed by atoms with Gasteiger partial charge in [-0.1, -0.05) is 35.0 Å². The van der Waals surface area contributed by atoms with Crippen LogP contribution >= 0.6 is 11.6 Å². The number of nitrogens with one attached hydrogen (secondary N) is 1. The smallest absolute Gasteiger partial charge is 0.257 e. The predicted octanol–water partition coefficient (Wildman–Crippen LogP) is 3.26. The summed E-state index contributed by atoms with van der Waals surface area (Å²) in [6.45, 7) is 0.183. The lowest BCUT2D eigenvalue weighted by atomic mass is 10.1. The van der Waals surface area contributed by atoms with E-state index in [-0.39, 0.29) is 18.9 Å². The van der Waals surface area contributed by atoms with Gasteiger partial charge in [-0.2, -0.15) is 4.98 Å². The third kappa shape index (κ3) is 4.36. The number of amides is 1. The maximum absolute atomic E-state index is 12.0. The van der Waals surface area contributed by atoms with E-state index in [9.17, 15) is 4.79 Å². The Kier molecular flexibility index (Phi) is 5.30. The van der Waals surface area contributed by atoms with Crippen LogP contribution in [0.4, 0.5) is 0 Å². The quantitative estimate of drug-likeness (QED) is 0.732. The van der Waals surface area contributed by atoms with Crippen molar-refractivity contribution in [2.45, 2.75) is 13.0 Å². The van der Waals surface area contributed by atoms with Crippen molar-refractivity contribution in [3.05, 3.63) is 64.9 Å². The van der Waals surface area contributed by atoms with Crippen LogP contribution in [0.2, 0.25) is 5.02 Å². The summed E-state index contributed by atoms with van der Waals surface area (Å²) in [6.07, 6.45) is 0.197. The third-order valence-corrected chi connectivity index (χ3v) is 3.93. The molecule has 3 rings (SSSR count). The van der Waals surface area contributed by atoms with Gasteiger partial charge in [-0.15, -0.1) is 0 Å². The molecule has 3 aromatic rings. The SMILES string of the molecule is COc1ccc(-c2nc(CNC(=O)Cc3ccccc3Cl)no2)cc1. The molecule has 1 amide bonds. The third-order valence-electron chi connectivity index (χ3n) is 3.56. The molecule has 0 saturated heterocycles. The fourth-order valence-corrected chi connectivity index (χ4v) is 2.43. The zero-order valence-electron chi connectivity index (χ0n) is 13.5. The van der Waals surface area contributed by atoms with Crippen LogP contribution < -0.4 is 10.1 Å². The molecular formula is C18H16ClN3O3. The molecule has 6 nitrogen and oxygen atoms in total. The lowest BCUT2D eigenvalue weighted by molar-refractivity contribution is -0.120. The van der Waals surface area contributed by atoms with Crippen LogP contribution in [0.3, 0.4) is 0 Å². The number of nitrogens with zero attached hydrogens (tertiary/aromatic N) is 2. The molecule has 2 aromatic carbocycles. The maximum Gasteiger partial charge on any atom is 0.257 e. The Bertz CT molecular complexity index is 862. The average molecular weight is 358 g/mol. The minimum absolute atomic E-state index is 0.163. The van der Waals surface area contributed by atoms with Crippen LogP contribution in [-0.2, 0) is 17.8 Å². The molecule has 0 spiro atoms. The number of ether oxygens (including phenoxy) is 1. The van der Waals surface area contributed by atoms with Crippen molar-refractivity contribution in [1.29, 1.82) is 0 Å². The number of hydrogen-bond acceptors (Lipinski definition) is 5. The first-order valence-corrected chi connectivity index (χ1v) is 8.00. The van der Waals surface area contributed by atoms with Crippen molar-refractivity contribution in [3.8, 4) is 17.2 Å². The van der Waals surface area contributed by atoms with Gasteiger partial charge in [-0.05, 0) is 35.9 Å². The molecule has 128 valence electrons. The summed E-state index contributed by atoms with van der Waals surface area (Å²) >= 11 is 6.05. The molecule has 0 unspecified atom stereocenters. The zero-order chi connectivity index (χ0) is 17.6. The number of aromatic nitrogens is 2. The highest BCUT2D eigenvalue weighted by Gasteiger charge is 2.11. The number of benzene rings is 2. The topological polar surface area (TPSA) is 77.2 Å². The summed E-state index contributed by atoms with van der Waals surface area (Å²) in [5.74, 6) is 1.37. The van der Waals surface area contributed by atoms with Crippen molar-refractivity contribution < 1.29 is 14.1 Å². The second-order valence-electron chi connectivity index (χ2n) is 5.29. The normalized spacial score (nSPS) is 10.5. The number of halogens is 1. The van der Waals surface area contributed by atoms with Crippen molar-refractivity contribution >= 4 is 17.5 Å². The fourth-order valence-electron chi connectivity index (χ4n) is 2.23. The van der Waals surface area contributed by atoms with Gasteiger partial charge in [-0.25, -0.2) is 0 Å². The highest BCUT2D eigenvalue weighted by atomic mass is 35.5. The van der Waals surface area contributed by atoms with Crippen LogP contribution in [0.5, 0.6) is 5.75 Å². The molecule has 7 heteroatoms. The van der Waals surface area contributed by atoms with Crippen molar-refractivity contribution in [2.24, 2.45) is 0 Å². The number of rotatable bonds is 6. The Morgan fingerprint density at radius 2 is 1.96 bits per heavy atom. The standard InChI is InChI=1S/C18H16ClN3O3/c1-24-14-8-6-12(7-9-14)18-21-16(22-25-18)11-20-17(23)10-13-4-2-3-5-15(13)19/h2-9H,10-11H2,1H3,(H,20,23). The van der Waals surface area contributed by atoms with E-state index in [4.69, 9.17) is 20.9 Å². The summed E-state index contributed by atoms with van der Waals surface area (Å²) in [5.41, 5.74) is 1.55. The summed E-state index contributed by atoms with van der Waals surface area (Å²) in [5, 5.41) is 7.20. The predicted molar refractivity (Wildman–Crippen MR) is 93.3 cm³/mol. The number of carbonyl (C=O) groups excluding carboxylic acids is 1. The number of carbonyl (C=O) groups is 1. The molecule has 1 aromatic heterocycles. The summed E-state index contributed by atoms with van der Waals surface area (Å²) in [6, 6.07) is 14.5. The van der Waals surface area contributed by atoms with Gasteiger partial charge in [0, 0.05) is 10.6 Å². The molecule has 0 radical (unpaired) electrons. The van der Waals surface area contributed by atoms with E-state index in [0.29, 0.717) is 16.7 Å². The van der Waals surface area contributed by atoms with Crippen molar-refractivity contribution in [3.63, 3.8) is 0 Å². The summed E-state index contributed by atoms with van der Waals surface area (Å²) in [4.78, 5) is 16.3. The van der Waals surface area contributed by atoms with Crippen molar-refractivity contribution in [2.75, 3.05) is 7.11 Å². The fraction of sp³-hybridized carbons (Fsp3) is 0.167. The number of methoxy groups -OCH3 is 1. The highest BCUT2D eigenvalue weighted by molar-refractivity contribution is 6.31. The van der Waals surface area contributed by atoms with Gasteiger partial charge >= 0.3 is 0 Å². The first-order chi connectivity index (χ1) is 12.2. The highest BCUT2D eigenvalue weighted by Crippen LogP contribution is 2.20. The Labute approximate surface area is 149 Å². The molecule has 0 saturated carbocycles. The van der Waals surface area contributed by atoms with Crippen LogP contribution in [-0.4, -0.2) is 23.2 Å². The van der Waals surface area contributed by atoms with Gasteiger partial charge in [0.05, 0.1) is 20.1 Å². The second kappa shape index (κ2) is 7.81. The number of hydrogen-bond donors (Lipinski definition) is 1. The van der Waals surface area contributed by atoms with E-state index >= 15 is 0 Å². The van der Waals surface area contributed by atoms with Crippen molar-refractivity contribution in [1.82, 2.24) is 15.5 Å². The Morgan fingerprint density at radius 1 is 1.20 bits per heavy atom. The van der Waals surface area contributed by atoms with Crippen LogP contribution in [0.25, 0.3) is 11.5 Å². The largest absolute Gasteiger partial charge is 0.497 e. The molecule has 0 atom stereocenters. The minimum atomic E-state index is -0.163. The molecule has 0 aliphatic carbocycles. The van der Waals surface area contributed by atoms with Gasteiger partial charge in [0.15, 0.2) is 5.82 Å². The maximum atomic E-state index is 12.0. The molecule has 0 bridgehead atoms. The van der Waals surface area contributed by atoms with Gasteiger partial charge in [0.2, 0.25) is 5.91 Å². The van der Waals surface area contributed by atoms with E-state index in [1.807, 2.05) is 42.5 Å². The van der Waals surface area contributed by atoms with E-state index < -0.39 is 0 Å². The van der Waals surface area contributed by atoms with Gasteiger partial charge in [-0.3, -0.25) is 4.79 Å². The van der Waals surface area contributed by atoms with E-state index in [0.717, 1.165) is 16.9 Å². The second-order valence-corrected chi connectivity index (χ2v) is 5.70. The molecule has 0 aliphatic heterocycles. The van der Waals surface area contributed by atoms with Gasteiger partial charge in [0.25, 0.3) is 5.89 Å². The molecule has 1 heterocycles. The van der Waals surface area contributed by atoms with E-state index in [1.165, 1.54) is 0 Å². The first-order valence-electron chi connectivity index (χ1n) is 7.63. The molecule has 0 fully saturated rings. The first kappa shape index (κ1) is 17.0. The molecular weight excluding hydrogens is 342 g/mol. The minimum Gasteiger partial charge on any atom is -0.497 e. The summed E-state index contributed by atoms with van der Waals surface area (Å²) in [7, 11) is 1.60. The van der Waals surface area contributed by atoms with Crippen LogP contribution in [0.15, 0.2) is 53.1 Å². The lowest BCUT2D eigenvalue weighted by Gasteiger charge is -2.04. The Morgan fingerprint density at radius 3 is 2.68 bits per heavy atom.